The Balaban J connectivity index is 2.24. The van der Waals surface area contributed by atoms with Crippen molar-refractivity contribution >= 4 is 8.56 Å². The molecule has 0 aliphatic carbocycles. The van der Waals surface area contributed by atoms with Crippen LogP contribution in [0.1, 0.15) is 31.7 Å². The van der Waals surface area contributed by atoms with Gasteiger partial charge in [0.2, 0.25) is 0 Å². The minimum atomic E-state index is -1.96. The van der Waals surface area contributed by atoms with E-state index in [1.807, 2.05) is 18.3 Å². The van der Waals surface area contributed by atoms with Crippen molar-refractivity contribution in [1.82, 2.24) is 4.98 Å². The van der Waals surface area contributed by atoms with Crippen molar-refractivity contribution < 1.29 is 8.85 Å². The van der Waals surface area contributed by atoms with Crippen molar-refractivity contribution in [1.29, 1.82) is 0 Å². The Morgan fingerprint density at radius 3 is 2.71 bits per heavy atom. The molecule has 0 saturated heterocycles. The van der Waals surface area contributed by atoms with Crippen molar-refractivity contribution in [3.05, 3.63) is 30.1 Å². The Bertz CT molecular complexity index is 304. The molecule has 1 heterocycles. The SMILES string of the molecule is CCCCCO[Si](C)(C)OCc1cccnc1. The third-order valence-electron chi connectivity index (χ3n) is 2.51. The van der Waals surface area contributed by atoms with Crippen LogP contribution in [0.3, 0.4) is 0 Å². The number of pyridine rings is 1. The summed E-state index contributed by atoms with van der Waals surface area (Å²) in [6.45, 7) is 7.80. The molecular formula is C13H23NO2Si. The van der Waals surface area contributed by atoms with E-state index in [2.05, 4.69) is 25.0 Å². The highest BCUT2D eigenvalue weighted by atomic mass is 28.4. The van der Waals surface area contributed by atoms with Gasteiger partial charge in [0, 0.05) is 19.0 Å². The summed E-state index contributed by atoms with van der Waals surface area (Å²) in [4.78, 5) is 4.07. The van der Waals surface area contributed by atoms with E-state index in [0.717, 1.165) is 18.6 Å². The second kappa shape index (κ2) is 7.58. The Morgan fingerprint density at radius 2 is 2.06 bits per heavy atom. The molecule has 1 rings (SSSR count). The molecule has 0 aliphatic rings. The molecule has 0 radical (unpaired) electrons. The first-order valence-corrected chi connectivity index (χ1v) is 9.12. The first kappa shape index (κ1) is 14.3. The Labute approximate surface area is 105 Å². The van der Waals surface area contributed by atoms with Crippen LogP contribution in [0, 0.1) is 0 Å². The number of aromatic nitrogens is 1. The average Bonchev–Trinajstić information content (AvgIpc) is 2.34. The Morgan fingerprint density at radius 1 is 1.24 bits per heavy atom. The van der Waals surface area contributed by atoms with Gasteiger partial charge in [-0.05, 0) is 31.1 Å². The fourth-order valence-corrected chi connectivity index (χ4v) is 2.69. The van der Waals surface area contributed by atoms with E-state index in [1.54, 1.807) is 6.20 Å². The summed E-state index contributed by atoms with van der Waals surface area (Å²) in [5.74, 6) is 0. The zero-order valence-electron chi connectivity index (χ0n) is 11.1. The normalized spacial score (nSPS) is 11.7. The van der Waals surface area contributed by atoms with Gasteiger partial charge in [-0.3, -0.25) is 4.98 Å². The molecule has 1 aromatic rings. The quantitative estimate of drug-likeness (QED) is 0.525. The van der Waals surface area contributed by atoms with Gasteiger partial charge in [0.15, 0.2) is 0 Å². The van der Waals surface area contributed by atoms with Crippen LogP contribution < -0.4 is 0 Å². The third kappa shape index (κ3) is 6.56. The van der Waals surface area contributed by atoms with E-state index in [1.165, 1.54) is 12.8 Å². The topological polar surface area (TPSA) is 31.4 Å². The maximum absolute atomic E-state index is 5.87. The number of unbranched alkanes of at least 4 members (excludes halogenated alkanes) is 2. The molecule has 0 atom stereocenters. The van der Waals surface area contributed by atoms with Gasteiger partial charge in [0.05, 0.1) is 6.61 Å². The van der Waals surface area contributed by atoms with E-state index < -0.39 is 8.56 Å². The van der Waals surface area contributed by atoms with E-state index in [-0.39, 0.29) is 0 Å². The molecule has 0 amide bonds. The average molecular weight is 253 g/mol. The fourth-order valence-electron chi connectivity index (χ4n) is 1.45. The minimum absolute atomic E-state index is 0.598. The lowest BCUT2D eigenvalue weighted by molar-refractivity contribution is 0.168. The number of hydrogen-bond acceptors (Lipinski definition) is 3. The summed E-state index contributed by atoms with van der Waals surface area (Å²) in [6.07, 6.45) is 7.19. The van der Waals surface area contributed by atoms with Crippen molar-refractivity contribution in [3.8, 4) is 0 Å². The predicted octanol–water partition coefficient (Wildman–Crippen LogP) is 3.51. The smallest absolute Gasteiger partial charge is 0.332 e. The Kier molecular flexibility index (Phi) is 6.40. The molecule has 0 N–H and O–H groups in total. The molecule has 3 nitrogen and oxygen atoms in total. The fraction of sp³-hybridized carbons (Fsp3) is 0.615. The zero-order chi connectivity index (χ0) is 12.6. The molecule has 0 unspecified atom stereocenters. The maximum Gasteiger partial charge on any atom is 0.332 e. The van der Waals surface area contributed by atoms with Gasteiger partial charge in [-0.1, -0.05) is 25.8 Å². The van der Waals surface area contributed by atoms with E-state index in [4.69, 9.17) is 8.85 Å². The van der Waals surface area contributed by atoms with Crippen LogP contribution in [0.25, 0.3) is 0 Å². The van der Waals surface area contributed by atoms with Crippen LogP contribution in [0.5, 0.6) is 0 Å². The van der Waals surface area contributed by atoms with Gasteiger partial charge in [-0.25, -0.2) is 0 Å². The van der Waals surface area contributed by atoms with E-state index in [0.29, 0.717) is 6.61 Å². The van der Waals surface area contributed by atoms with Crippen molar-refractivity contribution in [2.45, 2.75) is 45.9 Å². The van der Waals surface area contributed by atoms with Crippen LogP contribution in [0.2, 0.25) is 13.1 Å². The summed E-state index contributed by atoms with van der Waals surface area (Å²) in [5, 5.41) is 0. The van der Waals surface area contributed by atoms with Crippen LogP contribution in [0.15, 0.2) is 24.5 Å². The lowest BCUT2D eigenvalue weighted by Crippen LogP contribution is -2.35. The first-order chi connectivity index (χ1) is 8.14. The van der Waals surface area contributed by atoms with Crippen molar-refractivity contribution in [3.63, 3.8) is 0 Å². The lowest BCUT2D eigenvalue weighted by Gasteiger charge is -2.22. The number of hydrogen-bond donors (Lipinski definition) is 0. The van der Waals surface area contributed by atoms with Gasteiger partial charge in [0.25, 0.3) is 0 Å². The number of rotatable bonds is 8. The van der Waals surface area contributed by atoms with E-state index in [9.17, 15) is 0 Å². The molecule has 4 heteroatoms. The van der Waals surface area contributed by atoms with E-state index >= 15 is 0 Å². The van der Waals surface area contributed by atoms with Crippen LogP contribution in [-0.2, 0) is 15.5 Å². The lowest BCUT2D eigenvalue weighted by atomic mass is 10.3. The van der Waals surface area contributed by atoms with Gasteiger partial charge >= 0.3 is 8.56 Å². The zero-order valence-corrected chi connectivity index (χ0v) is 12.1. The van der Waals surface area contributed by atoms with Gasteiger partial charge < -0.3 is 8.85 Å². The summed E-state index contributed by atoms with van der Waals surface area (Å²) >= 11 is 0. The summed E-state index contributed by atoms with van der Waals surface area (Å²) in [6, 6.07) is 3.95. The molecule has 0 saturated carbocycles. The minimum Gasteiger partial charge on any atom is -0.395 e. The summed E-state index contributed by atoms with van der Waals surface area (Å²) in [7, 11) is -1.96. The predicted molar refractivity (Wildman–Crippen MR) is 72.0 cm³/mol. The molecule has 0 fully saturated rings. The van der Waals surface area contributed by atoms with Gasteiger partial charge in [0.1, 0.15) is 0 Å². The highest BCUT2D eigenvalue weighted by Crippen LogP contribution is 2.11. The second-order valence-electron chi connectivity index (χ2n) is 4.61. The molecule has 0 spiro atoms. The van der Waals surface area contributed by atoms with Crippen LogP contribution in [-0.4, -0.2) is 20.2 Å². The Hall–Kier alpha value is -0.713. The molecule has 1 aromatic heterocycles. The third-order valence-corrected chi connectivity index (χ3v) is 4.25. The number of nitrogens with zero attached hydrogens (tertiary/aromatic N) is 1. The molecular weight excluding hydrogens is 230 g/mol. The highest BCUT2D eigenvalue weighted by Gasteiger charge is 2.24. The van der Waals surface area contributed by atoms with Crippen LogP contribution >= 0.6 is 0 Å². The molecule has 96 valence electrons. The van der Waals surface area contributed by atoms with Crippen molar-refractivity contribution in [2.24, 2.45) is 0 Å². The molecule has 0 aliphatic heterocycles. The van der Waals surface area contributed by atoms with Crippen LogP contribution in [0.4, 0.5) is 0 Å². The summed E-state index contributed by atoms with van der Waals surface area (Å²) in [5.41, 5.74) is 1.10. The van der Waals surface area contributed by atoms with Crippen molar-refractivity contribution in [2.75, 3.05) is 6.61 Å². The molecule has 0 aromatic carbocycles. The molecule has 0 bridgehead atoms. The monoisotopic (exact) mass is 253 g/mol. The van der Waals surface area contributed by atoms with Gasteiger partial charge in [-0.15, -0.1) is 0 Å². The highest BCUT2D eigenvalue weighted by molar-refractivity contribution is 6.64. The largest absolute Gasteiger partial charge is 0.395 e. The summed E-state index contributed by atoms with van der Waals surface area (Å²) < 4.78 is 11.7. The standard InChI is InChI=1S/C13H23NO2Si/c1-4-5-6-10-15-17(2,3)16-12-13-8-7-9-14-11-13/h7-9,11H,4-6,10,12H2,1-3H3. The van der Waals surface area contributed by atoms with Gasteiger partial charge in [-0.2, -0.15) is 0 Å². The molecule has 17 heavy (non-hydrogen) atoms. The first-order valence-electron chi connectivity index (χ1n) is 6.31. The second-order valence-corrected chi connectivity index (χ2v) is 7.98. The maximum atomic E-state index is 5.87.